The Morgan fingerprint density at radius 2 is 1.80 bits per heavy atom. The van der Waals surface area contributed by atoms with Gasteiger partial charge in [-0.15, -0.1) is 0 Å². The number of allylic oxidation sites excluding steroid dienone is 4. The fraction of sp³-hybridized carbons (Fsp3) is 0.355. The molecule has 0 radical (unpaired) electrons. The van der Waals surface area contributed by atoms with E-state index in [1.54, 1.807) is 24.1 Å². The number of nitro groups is 1. The fourth-order valence-corrected chi connectivity index (χ4v) is 6.60. The standard InChI is InChI=1S/C31H35N7O7S/c1-20-7-4-3-5-8-22-9-6-10-24(22)28(20)33-31(40)36-46(43,44)23-13-11-21(12-14-23)17-18-32-27(39)19-37(2)25-15-16-26(38(41)42)30-29(25)34-45-35-30/h8,11-16H,1,3-7,9-10,17-19H2,2H3,(H,32,39)(H2,33,36,40)/b22-8-,28-24?. The first kappa shape index (κ1) is 32.3. The van der Waals surface area contributed by atoms with E-state index in [0.29, 0.717) is 17.8 Å². The number of rotatable bonds is 10. The second-order valence-electron chi connectivity index (χ2n) is 11.3. The molecule has 14 nitrogen and oxygen atoms in total. The lowest BCUT2D eigenvalue weighted by Gasteiger charge is -2.18. The molecule has 3 N–H and O–H groups in total. The summed E-state index contributed by atoms with van der Waals surface area (Å²) in [4.78, 5) is 37.6. The number of non-ortho nitro benzene ring substituents is 1. The smallest absolute Gasteiger partial charge is 0.333 e. The van der Waals surface area contributed by atoms with Crippen LogP contribution in [0.1, 0.15) is 50.5 Å². The molecule has 3 aromatic rings. The van der Waals surface area contributed by atoms with Gasteiger partial charge in [-0.1, -0.05) is 24.8 Å². The molecule has 1 saturated carbocycles. The predicted octanol–water partition coefficient (Wildman–Crippen LogP) is 4.41. The minimum Gasteiger partial charge on any atom is -0.363 e. The third kappa shape index (κ3) is 7.42. The summed E-state index contributed by atoms with van der Waals surface area (Å²) in [5.41, 5.74) is 4.80. The maximum atomic E-state index is 13.0. The van der Waals surface area contributed by atoms with Gasteiger partial charge < -0.3 is 15.5 Å². The van der Waals surface area contributed by atoms with Crippen molar-refractivity contribution in [3.8, 4) is 0 Å². The number of nitrogens with zero attached hydrogens (tertiary/aromatic N) is 4. The molecule has 3 amide bonds. The summed E-state index contributed by atoms with van der Waals surface area (Å²) in [5.74, 6) is -0.307. The molecule has 15 heteroatoms. The summed E-state index contributed by atoms with van der Waals surface area (Å²) < 4.78 is 32.8. The van der Waals surface area contributed by atoms with Crippen molar-refractivity contribution in [2.24, 2.45) is 0 Å². The average molecular weight is 650 g/mol. The Bertz CT molecular complexity index is 1850. The molecule has 2 aromatic carbocycles. The van der Waals surface area contributed by atoms with E-state index in [-0.39, 0.29) is 40.6 Å². The van der Waals surface area contributed by atoms with E-state index in [1.165, 1.54) is 29.8 Å². The molecule has 1 aromatic heterocycles. The van der Waals surface area contributed by atoms with Crippen LogP contribution in [-0.4, -0.2) is 55.7 Å². The minimum absolute atomic E-state index is 0.00898. The molecule has 2 aliphatic rings. The third-order valence-electron chi connectivity index (χ3n) is 8.04. The lowest BCUT2D eigenvalue weighted by Crippen LogP contribution is -2.39. The van der Waals surface area contributed by atoms with Crippen LogP contribution in [-0.2, 0) is 21.2 Å². The Hall–Kier alpha value is -5.05. The largest absolute Gasteiger partial charge is 0.363 e. The molecule has 46 heavy (non-hydrogen) atoms. The van der Waals surface area contributed by atoms with Crippen LogP contribution in [0, 0.1) is 10.1 Å². The highest BCUT2D eigenvalue weighted by Gasteiger charge is 2.25. The van der Waals surface area contributed by atoms with E-state index in [4.69, 9.17) is 0 Å². The van der Waals surface area contributed by atoms with Gasteiger partial charge >= 0.3 is 11.7 Å². The maximum Gasteiger partial charge on any atom is 0.333 e. The Morgan fingerprint density at radius 3 is 2.57 bits per heavy atom. The maximum absolute atomic E-state index is 13.0. The van der Waals surface area contributed by atoms with Crippen molar-refractivity contribution >= 4 is 44.4 Å². The van der Waals surface area contributed by atoms with E-state index < -0.39 is 21.0 Å². The van der Waals surface area contributed by atoms with Crippen LogP contribution in [0.25, 0.3) is 11.0 Å². The van der Waals surface area contributed by atoms with E-state index in [9.17, 15) is 28.1 Å². The first-order chi connectivity index (χ1) is 22.0. The number of nitrogens with one attached hydrogen (secondary N) is 3. The van der Waals surface area contributed by atoms with Crippen molar-refractivity contribution in [1.29, 1.82) is 0 Å². The fourth-order valence-electron chi connectivity index (χ4n) is 5.69. The number of aromatic nitrogens is 2. The molecule has 1 fully saturated rings. The van der Waals surface area contributed by atoms with Crippen molar-refractivity contribution in [2.45, 2.75) is 56.3 Å². The highest BCUT2D eigenvalue weighted by atomic mass is 32.2. The van der Waals surface area contributed by atoms with Crippen molar-refractivity contribution in [1.82, 2.24) is 25.7 Å². The van der Waals surface area contributed by atoms with Crippen LogP contribution >= 0.6 is 0 Å². The minimum atomic E-state index is -4.14. The molecule has 0 aliphatic heterocycles. The topological polar surface area (TPSA) is 190 Å². The summed E-state index contributed by atoms with van der Waals surface area (Å²) in [6.45, 7) is 4.38. The van der Waals surface area contributed by atoms with Crippen molar-refractivity contribution < 1.29 is 27.6 Å². The molecule has 5 rings (SSSR count). The molecular weight excluding hydrogens is 614 g/mol. The van der Waals surface area contributed by atoms with Gasteiger partial charge in [-0.3, -0.25) is 14.9 Å². The average Bonchev–Trinajstić information content (AvgIpc) is 3.69. The van der Waals surface area contributed by atoms with Crippen LogP contribution in [0.5, 0.6) is 0 Å². The van der Waals surface area contributed by atoms with Gasteiger partial charge in [-0.25, -0.2) is 22.6 Å². The first-order valence-electron chi connectivity index (χ1n) is 14.9. The summed E-state index contributed by atoms with van der Waals surface area (Å²) >= 11 is 0. The number of fused-ring (bicyclic) bond motifs is 2. The number of carbonyl (C=O) groups is 2. The number of nitro benzene ring substituents is 1. The number of likely N-dealkylation sites (N-methyl/N-ethyl adjacent to an activating group) is 1. The van der Waals surface area contributed by atoms with Crippen LogP contribution in [0.2, 0.25) is 0 Å². The number of sulfonamides is 1. The first-order valence-corrected chi connectivity index (χ1v) is 16.4. The Kier molecular flexibility index (Phi) is 9.80. The zero-order chi connectivity index (χ0) is 32.8. The molecule has 2 aliphatic carbocycles. The molecule has 0 bridgehead atoms. The van der Waals surface area contributed by atoms with Gasteiger partial charge in [-0.05, 0) is 102 Å². The van der Waals surface area contributed by atoms with Crippen LogP contribution < -0.4 is 20.3 Å². The number of anilines is 1. The molecule has 0 spiro atoms. The van der Waals surface area contributed by atoms with Gasteiger partial charge in [-0.2, -0.15) is 0 Å². The molecule has 242 valence electrons. The molecular formula is C31H35N7O7S. The van der Waals surface area contributed by atoms with Gasteiger partial charge in [0, 0.05) is 25.4 Å². The number of hydrogen-bond acceptors (Lipinski definition) is 10. The highest BCUT2D eigenvalue weighted by molar-refractivity contribution is 7.90. The summed E-state index contributed by atoms with van der Waals surface area (Å²) in [5, 5.41) is 24.1. The summed E-state index contributed by atoms with van der Waals surface area (Å²) in [6.07, 6.45) is 9.08. The molecule has 1 heterocycles. The Balaban J connectivity index is 1.13. The predicted molar refractivity (Wildman–Crippen MR) is 170 cm³/mol. The van der Waals surface area contributed by atoms with Crippen molar-refractivity contribution in [3.05, 3.63) is 87.1 Å². The van der Waals surface area contributed by atoms with Gasteiger partial charge in [0.1, 0.15) is 0 Å². The molecule has 0 atom stereocenters. The van der Waals surface area contributed by atoms with Crippen LogP contribution in [0.3, 0.4) is 0 Å². The highest BCUT2D eigenvalue weighted by Crippen LogP contribution is 2.36. The van der Waals surface area contributed by atoms with Crippen molar-refractivity contribution in [2.75, 3.05) is 25.0 Å². The second kappa shape index (κ2) is 13.9. The second-order valence-corrected chi connectivity index (χ2v) is 13.0. The summed E-state index contributed by atoms with van der Waals surface area (Å²) in [7, 11) is -2.50. The lowest BCUT2D eigenvalue weighted by molar-refractivity contribution is -0.383. The summed E-state index contributed by atoms with van der Waals surface area (Å²) in [6, 6.07) is 7.98. The SMILES string of the molecule is C=C1CCCC/C=C2/CCCC2=C1NC(=O)NS(=O)(=O)c1ccc(CCNC(=O)CN(C)c2ccc([N+](=O)[O-])c3nonc23)cc1. The van der Waals surface area contributed by atoms with E-state index in [1.807, 2.05) is 0 Å². The zero-order valence-electron chi connectivity index (χ0n) is 25.4. The number of benzene rings is 2. The number of amides is 3. The Morgan fingerprint density at radius 1 is 1.04 bits per heavy atom. The monoisotopic (exact) mass is 649 g/mol. The van der Waals surface area contributed by atoms with Gasteiger partial charge in [0.15, 0.2) is 5.52 Å². The van der Waals surface area contributed by atoms with E-state index >= 15 is 0 Å². The molecule has 0 unspecified atom stereocenters. The number of carbonyl (C=O) groups excluding carboxylic acids is 2. The molecule has 0 saturated heterocycles. The Labute approximate surface area is 265 Å². The van der Waals surface area contributed by atoms with E-state index in [0.717, 1.165) is 61.7 Å². The van der Waals surface area contributed by atoms with Gasteiger partial charge in [0.2, 0.25) is 11.4 Å². The number of hydrogen-bond donors (Lipinski definition) is 3. The third-order valence-corrected chi connectivity index (χ3v) is 9.38. The quantitative estimate of drug-likeness (QED) is 0.210. The number of urea groups is 1. The van der Waals surface area contributed by atoms with Gasteiger partial charge in [0.05, 0.1) is 22.1 Å². The van der Waals surface area contributed by atoms with Gasteiger partial charge in [0.25, 0.3) is 10.0 Å². The zero-order valence-corrected chi connectivity index (χ0v) is 26.2. The normalized spacial score (nSPS) is 16.5. The van der Waals surface area contributed by atoms with E-state index in [2.05, 4.69) is 43.0 Å². The van der Waals surface area contributed by atoms with Crippen LogP contribution in [0.15, 0.2) is 81.0 Å². The lowest BCUT2D eigenvalue weighted by atomic mass is 10.0. The van der Waals surface area contributed by atoms with Crippen molar-refractivity contribution in [3.63, 3.8) is 0 Å². The van der Waals surface area contributed by atoms with Crippen LogP contribution in [0.4, 0.5) is 16.2 Å².